The average molecular weight is 248 g/mol. The van der Waals surface area contributed by atoms with Crippen molar-refractivity contribution in [2.45, 2.75) is 31.3 Å². The lowest BCUT2D eigenvalue weighted by molar-refractivity contribution is -0.125. The van der Waals surface area contributed by atoms with Gasteiger partial charge in [-0.3, -0.25) is 4.79 Å². The lowest BCUT2D eigenvalue weighted by atomic mass is 9.79. The van der Waals surface area contributed by atoms with Crippen LogP contribution in [0.2, 0.25) is 0 Å². The van der Waals surface area contributed by atoms with Crippen molar-refractivity contribution in [2.75, 3.05) is 7.11 Å². The van der Waals surface area contributed by atoms with E-state index in [1.54, 1.807) is 7.11 Å². The highest BCUT2D eigenvalue weighted by Gasteiger charge is 2.34. The Kier molecular flexibility index (Phi) is 5.10. The van der Waals surface area contributed by atoms with Gasteiger partial charge in [0.1, 0.15) is 11.5 Å². The SMILES string of the molecule is C=C.COc1cccc(C2(O)CCC(=O)CC2)c1. The molecule has 3 nitrogen and oxygen atoms in total. The monoisotopic (exact) mass is 248 g/mol. The fourth-order valence-corrected chi connectivity index (χ4v) is 2.14. The van der Waals surface area contributed by atoms with Crippen molar-refractivity contribution in [3.8, 4) is 5.75 Å². The zero-order valence-corrected chi connectivity index (χ0v) is 10.8. The van der Waals surface area contributed by atoms with E-state index in [0.717, 1.165) is 11.3 Å². The molecule has 1 aromatic rings. The zero-order chi connectivity index (χ0) is 13.6. The molecule has 3 heteroatoms. The number of rotatable bonds is 2. The Labute approximate surface area is 108 Å². The molecule has 0 saturated heterocycles. The van der Waals surface area contributed by atoms with Gasteiger partial charge in [-0.1, -0.05) is 12.1 Å². The van der Waals surface area contributed by atoms with Crippen molar-refractivity contribution in [1.29, 1.82) is 0 Å². The van der Waals surface area contributed by atoms with Gasteiger partial charge in [-0.2, -0.15) is 0 Å². The second-order valence-electron chi connectivity index (χ2n) is 4.30. The summed E-state index contributed by atoms with van der Waals surface area (Å²) in [6, 6.07) is 7.44. The molecule has 0 atom stereocenters. The van der Waals surface area contributed by atoms with Crippen molar-refractivity contribution in [3.05, 3.63) is 43.0 Å². The van der Waals surface area contributed by atoms with E-state index < -0.39 is 5.60 Å². The van der Waals surface area contributed by atoms with Crippen molar-refractivity contribution in [3.63, 3.8) is 0 Å². The van der Waals surface area contributed by atoms with Crippen LogP contribution in [0.3, 0.4) is 0 Å². The van der Waals surface area contributed by atoms with E-state index in [-0.39, 0.29) is 5.78 Å². The smallest absolute Gasteiger partial charge is 0.133 e. The minimum absolute atomic E-state index is 0.243. The molecule has 0 spiro atoms. The van der Waals surface area contributed by atoms with Crippen LogP contribution < -0.4 is 4.74 Å². The Morgan fingerprint density at radius 3 is 2.44 bits per heavy atom. The van der Waals surface area contributed by atoms with Gasteiger partial charge >= 0.3 is 0 Å². The van der Waals surface area contributed by atoms with E-state index in [2.05, 4.69) is 13.2 Å². The van der Waals surface area contributed by atoms with Crippen LogP contribution in [-0.4, -0.2) is 18.0 Å². The Morgan fingerprint density at radius 2 is 1.89 bits per heavy atom. The summed E-state index contributed by atoms with van der Waals surface area (Å²) in [6.07, 6.45) is 1.96. The van der Waals surface area contributed by atoms with Gasteiger partial charge in [-0.15, -0.1) is 13.2 Å². The van der Waals surface area contributed by atoms with Crippen molar-refractivity contribution in [2.24, 2.45) is 0 Å². The fraction of sp³-hybridized carbons (Fsp3) is 0.400. The van der Waals surface area contributed by atoms with Gasteiger partial charge in [-0.05, 0) is 30.5 Å². The number of methoxy groups -OCH3 is 1. The van der Waals surface area contributed by atoms with E-state index in [1.807, 2.05) is 24.3 Å². The van der Waals surface area contributed by atoms with Crippen LogP contribution in [0, 0.1) is 0 Å². The maximum absolute atomic E-state index is 11.2. The number of benzene rings is 1. The maximum atomic E-state index is 11.2. The van der Waals surface area contributed by atoms with Crippen LogP contribution in [0.25, 0.3) is 0 Å². The summed E-state index contributed by atoms with van der Waals surface area (Å²) >= 11 is 0. The second kappa shape index (κ2) is 6.36. The number of Topliss-reactive ketones (excluding diaryl/α,β-unsaturated/α-hetero) is 1. The van der Waals surface area contributed by atoms with E-state index in [1.165, 1.54) is 0 Å². The third-order valence-electron chi connectivity index (χ3n) is 3.24. The molecular weight excluding hydrogens is 228 g/mol. The van der Waals surface area contributed by atoms with Gasteiger partial charge in [-0.25, -0.2) is 0 Å². The quantitative estimate of drug-likeness (QED) is 0.819. The number of hydrogen-bond donors (Lipinski definition) is 1. The predicted octanol–water partition coefficient (Wildman–Crippen LogP) is 2.83. The third-order valence-corrected chi connectivity index (χ3v) is 3.24. The van der Waals surface area contributed by atoms with E-state index in [9.17, 15) is 9.90 Å². The third kappa shape index (κ3) is 3.20. The first-order chi connectivity index (χ1) is 8.64. The first-order valence-electron chi connectivity index (χ1n) is 6.03. The molecule has 0 amide bonds. The predicted molar refractivity (Wildman–Crippen MR) is 71.6 cm³/mol. The molecule has 0 radical (unpaired) electrons. The Morgan fingerprint density at radius 1 is 1.28 bits per heavy atom. The molecule has 2 rings (SSSR count). The summed E-state index contributed by atoms with van der Waals surface area (Å²) in [5.41, 5.74) is -0.0121. The number of ether oxygens (including phenoxy) is 1. The molecule has 0 bridgehead atoms. The topological polar surface area (TPSA) is 46.5 Å². The van der Waals surface area contributed by atoms with Gasteiger partial charge in [0.25, 0.3) is 0 Å². The highest BCUT2D eigenvalue weighted by Crippen LogP contribution is 2.36. The molecule has 1 aliphatic carbocycles. The Balaban J connectivity index is 0.000000771. The van der Waals surface area contributed by atoms with Gasteiger partial charge < -0.3 is 9.84 Å². The number of hydrogen-bond acceptors (Lipinski definition) is 3. The summed E-state index contributed by atoms with van der Waals surface area (Å²) in [4.78, 5) is 11.2. The summed E-state index contributed by atoms with van der Waals surface area (Å²) in [5.74, 6) is 0.982. The number of carbonyl (C=O) groups is 1. The van der Waals surface area contributed by atoms with Gasteiger partial charge in [0.05, 0.1) is 12.7 Å². The first-order valence-corrected chi connectivity index (χ1v) is 6.03. The molecule has 0 aromatic heterocycles. The van der Waals surface area contributed by atoms with Crippen LogP contribution in [0.4, 0.5) is 0 Å². The van der Waals surface area contributed by atoms with E-state index in [4.69, 9.17) is 4.74 Å². The number of carbonyl (C=O) groups excluding carboxylic acids is 1. The number of aliphatic hydroxyl groups is 1. The fourth-order valence-electron chi connectivity index (χ4n) is 2.14. The highest BCUT2D eigenvalue weighted by atomic mass is 16.5. The zero-order valence-electron chi connectivity index (χ0n) is 10.8. The molecule has 1 fully saturated rings. The van der Waals surface area contributed by atoms with Crippen molar-refractivity contribution >= 4 is 5.78 Å². The van der Waals surface area contributed by atoms with Crippen molar-refractivity contribution < 1.29 is 14.6 Å². The molecule has 1 saturated carbocycles. The molecule has 1 aliphatic rings. The van der Waals surface area contributed by atoms with E-state index >= 15 is 0 Å². The summed E-state index contributed by atoms with van der Waals surface area (Å²) in [7, 11) is 1.60. The molecule has 18 heavy (non-hydrogen) atoms. The lowest BCUT2D eigenvalue weighted by Gasteiger charge is -2.32. The summed E-state index contributed by atoms with van der Waals surface area (Å²) in [6.45, 7) is 6.00. The molecule has 0 aliphatic heterocycles. The minimum atomic E-state index is -0.859. The van der Waals surface area contributed by atoms with Gasteiger partial charge in [0.15, 0.2) is 0 Å². The molecule has 0 unspecified atom stereocenters. The molecular formula is C15H20O3. The normalized spacial score (nSPS) is 17.6. The second-order valence-corrected chi connectivity index (χ2v) is 4.30. The first kappa shape index (κ1) is 14.5. The summed E-state index contributed by atoms with van der Waals surface area (Å²) < 4.78 is 5.13. The average Bonchev–Trinajstić information content (AvgIpc) is 2.44. The maximum Gasteiger partial charge on any atom is 0.133 e. The number of ketones is 1. The molecule has 1 N–H and O–H groups in total. The van der Waals surface area contributed by atoms with E-state index in [0.29, 0.717) is 25.7 Å². The Bertz CT molecular complexity index is 402. The highest BCUT2D eigenvalue weighted by molar-refractivity contribution is 5.79. The van der Waals surface area contributed by atoms with Crippen LogP contribution in [0.1, 0.15) is 31.2 Å². The van der Waals surface area contributed by atoms with Crippen LogP contribution >= 0.6 is 0 Å². The summed E-state index contributed by atoms with van der Waals surface area (Å²) in [5, 5.41) is 10.5. The van der Waals surface area contributed by atoms with Gasteiger partial charge in [0, 0.05) is 12.8 Å². The van der Waals surface area contributed by atoms with Crippen LogP contribution in [-0.2, 0) is 10.4 Å². The van der Waals surface area contributed by atoms with Crippen LogP contribution in [0.15, 0.2) is 37.4 Å². The largest absolute Gasteiger partial charge is 0.497 e. The lowest BCUT2D eigenvalue weighted by Crippen LogP contribution is -2.31. The minimum Gasteiger partial charge on any atom is -0.497 e. The standard InChI is InChI=1S/C13H16O3.C2H4/c1-16-12-4-2-3-10(9-12)13(15)7-5-11(14)6-8-13;1-2/h2-4,9,15H,5-8H2,1H3;1-2H2. The Hall–Kier alpha value is -1.61. The molecule has 1 aromatic carbocycles. The molecule has 0 heterocycles. The molecule has 98 valence electrons. The van der Waals surface area contributed by atoms with Crippen molar-refractivity contribution in [1.82, 2.24) is 0 Å². The van der Waals surface area contributed by atoms with Crippen LogP contribution in [0.5, 0.6) is 5.75 Å². The van der Waals surface area contributed by atoms with Gasteiger partial charge in [0.2, 0.25) is 0 Å².